The smallest absolute Gasteiger partial charge is 0.0170 e. The first-order valence-electron chi connectivity index (χ1n) is 3.26. The molecule has 0 aliphatic rings. The van der Waals surface area contributed by atoms with Crippen LogP contribution in [0.1, 0.15) is 13.8 Å². The molecule has 0 saturated heterocycles. The zero-order valence-electron chi connectivity index (χ0n) is 6.72. The van der Waals surface area contributed by atoms with E-state index in [1.165, 1.54) is 0 Å². The van der Waals surface area contributed by atoms with Crippen LogP contribution in [0.5, 0.6) is 0 Å². The summed E-state index contributed by atoms with van der Waals surface area (Å²) in [6.45, 7) is 11.0. The molecule has 0 spiro atoms. The summed E-state index contributed by atoms with van der Waals surface area (Å²) < 4.78 is 0. The summed E-state index contributed by atoms with van der Waals surface area (Å²) in [5.41, 5.74) is 0.671. The van der Waals surface area contributed by atoms with Crippen LogP contribution >= 0.6 is 0 Å². The molecule has 0 rings (SSSR count). The summed E-state index contributed by atoms with van der Waals surface area (Å²) in [6, 6.07) is 0. The maximum atomic E-state index is 4.98. The average Bonchev–Trinajstić information content (AvgIpc) is 2.04. The molecule has 0 N–H and O–H groups in total. The zero-order chi connectivity index (χ0) is 8.41. The van der Waals surface area contributed by atoms with E-state index in [9.17, 15) is 0 Å². The van der Waals surface area contributed by atoms with Crippen molar-refractivity contribution in [2.24, 2.45) is 0 Å². The molecule has 0 aliphatic carbocycles. The van der Waals surface area contributed by atoms with E-state index in [0.717, 1.165) is 0 Å². The van der Waals surface area contributed by atoms with Crippen LogP contribution in [0.2, 0.25) is 0 Å². The quantitative estimate of drug-likeness (QED) is 0.402. The highest BCUT2D eigenvalue weighted by atomic mass is 13.7. The first-order valence-corrected chi connectivity index (χ1v) is 3.26. The van der Waals surface area contributed by atoms with Gasteiger partial charge in [-0.25, -0.2) is 0 Å². The summed E-state index contributed by atoms with van der Waals surface area (Å²) in [5, 5.41) is 0. The van der Waals surface area contributed by atoms with E-state index in [1.807, 2.05) is 13.8 Å². The maximum absolute atomic E-state index is 4.98. The number of terminal acetylenes is 1. The predicted octanol–water partition coefficient (Wildman–Crippen LogP) is 2.94. The van der Waals surface area contributed by atoms with Crippen molar-refractivity contribution in [3.63, 3.8) is 0 Å². The van der Waals surface area contributed by atoms with Gasteiger partial charge in [-0.1, -0.05) is 45.1 Å². The maximum Gasteiger partial charge on any atom is 0.0170 e. The minimum atomic E-state index is 0.671. The molecular formula is C10H14. The molecule has 0 aliphatic heterocycles. The molecule has 0 radical (unpaired) electrons. The Morgan fingerprint density at radius 1 is 1.50 bits per heavy atom. The fraction of sp³-hybridized carbons (Fsp3) is 0.200. The Morgan fingerprint density at radius 2 is 2.00 bits per heavy atom. The van der Waals surface area contributed by atoms with E-state index in [4.69, 9.17) is 6.42 Å². The third kappa shape index (κ3) is 9.91. The van der Waals surface area contributed by atoms with Gasteiger partial charge in [0.25, 0.3) is 0 Å². The summed E-state index contributed by atoms with van der Waals surface area (Å²) in [6.07, 6.45) is 10.1. The summed E-state index contributed by atoms with van der Waals surface area (Å²) in [4.78, 5) is 0. The lowest BCUT2D eigenvalue weighted by molar-refractivity contribution is 1.50. The zero-order valence-corrected chi connectivity index (χ0v) is 6.72. The monoisotopic (exact) mass is 134 g/mol. The first-order chi connectivity index (χ1) is 4.81. The molecule has 0 aromatic carbocycles. The van der Waals surface area contributed by atoms with Gasteiger partial charge in [-0.3, -0.25) is 0 Å². The Hall–Kier alpha value is -1.22. The van der Waals surface area contributed by atoms with Crippen LogP contribution in [0.3, 0.4) is 0 Å². The summed E-state index contributed by atoms with van der Waals surface area (Å²) in [7, 11) is 0. The van der Waals surface area contributed by atoms with E-state index in [1.54, 1.807) is 18.2 Å². The van der Waals surface area contributed by atoms with Crippen LogP contribution < -0.4 is 0 Å². The van der Waals surface area contributed by atoms with Crippen LogP contribution in [0, 0.1) is 12.3 Å². The highest BCUT2D eigenvalue weighted by molar-refractivity contribution is 5.33. The topological polar surface area (TPSA) is 0 Å². The standard InChI is InChI=1S/C8H8.C2H6/c1-4-6-7-8(3)5-2;1-2/h2,4,6-7H,1,3H2;1-2H3/b7-6-;. The SMILES string of the molecule is C#CC(=C)/C=C\C=C.CC. The van der Waals surface area contributed by atoms with Crippen LogP contribution in [0.4, 0.5) is 0 Å². The van der Waals surface area contributed by atoms with E-state index in [0.29, 0.717) is 5.57 Å². The molecule has 0 heterocycles. The fourth-order valence-corrected chi connectivity index (χ4v) is 0.232. The normalized spacial score (nSPS) is 7.30. The number of allylic oxidation sites excluding steroid dienone is 4. The largest absolute Gasteiger partial charge is 0.115 e. The molecule has 0 heteroatoms. The second kappa shape index (κ2) is 10.7. The Morgan fingerprint density at radius 3 is 2.30 bits per heavy atom. The highest BCUT2D eigenvalue weighted by Crippen LogP contribution is 1.87. The van der Waals surface area contributed by atoms with Crippen molar-refractivity contribution >= 4 is 0 Å². The van der Waals surface area contributed by atoms with Crippen molar-refractivity contribution in [3.8, 4) is 12.3 Å². The highest BCUT2D eigenvalue weighted by Gasteiger charge is 1.70. The van der Waals surface area contributed by atoms with Gasteiger partial charge in [0.05, 0.1) is 0 Å². The minimum absolute atomic E-state index is 0.671. The second-order valence-electron chi connectivity index (χ2n) is 1.26. The van der Waals surface area contributed by atoms with Gasteiger partial charge >= 0.3 is 0 Å². The predicted molar refractivity (Wildman–Crippen MR) is 48.7 cm³/mol. The Balaban J connectivity index is 0. The molecule has 0 fully saturated rings. The van der Waals surface area contributed by atoms with Crippen LogP contribution in [-0.4, -0.2) is 0 Å². The molecule has 0 saturated carbocycles. The fourth-order valence-electron chi connectivity index (χ4n) is 0.232. The second-order valence-corrected chi connectivity index (χ2v) is 1.26. The van der Waals surface area contributed by atoms with Crippen molar-refractivity contribution in [3.05, 3.63) is 37.0 Å². The molecule has 0 bridgehead atoms. The number of hydrogen-bond acceptors (Lipinski definition) is 0. The Labute approximate surface area is 64.0 Å². The van der Waals surface area contributed by atoms with Crippen LogP contribution in [0.25, 0.3) is 0 Å². The Kier molecular flexibility index (Phi) is 12.4. The van der Waals surface area contributed by atoms with Crippen molar-refractivity contribution in [2.75, 3.05) is 0 Å². The third-order valence-electron chi connectivity index (χ3n) is 0.619. The van der Waals surface area contributed by atoms with Gasteiger partial charge in [-0.2, -0.15) is 0 Å². The van der Waals surface area contributed by atoms with Crippen LogP contribution in [0.15, 0.2) is 37.0 Å². The lowest BCUT2D eigenvalue weighted by Crippen LogP contribution is -1.61. The minimum Gasteiger partial charge on any atom is -0.115 e. The van der Waals surface area contributed by atoms with Gasteiger partial charge < -0.3 is 0 Å². The van der Waals surface area contributed by atoms with Gasteiger partial charge in [-0.05, 0) is 6.08 Å². The van der Waals surface area contributed by atoms with Crippen molar-refractivity contribution in [1.29, 1.82) is 0 Å². The number of rotatable bonds is 2. The average molecular weight is 134 g/mol. The molecule has 0 aromatic rings. The third-order valence-corrected chi connectivity index (χ3v) is 0.619. The molecule has 0 aromatic heterocycles. The molecule has 54 valence electrons. The Bertz CT molecular complexity index is 153. The van der Waals surface area contributed by atoms with E-state index in [-0.39, 0.29) is 0 Å². The molecule has 10 heavy (non-hydrogen) atoms. The summed E-state index contributed by atoms with van der Waals surface area (Å²) >= 11 is 0. The lowest BCUT2D eigenvalue weighted by atomic mass is 10.3. The molecule has 0 unspecified atom stereocenters. The van der Waals surface area contributed by atoms with Gasteiger partial charge in [0.1, 0.15) is 0 Å². The molecular weight excluding hydrogens is 120 g/mol. The van der Waals surface area contributed by atoms with Crippen LogP contribution in [-0.2, 0) is 0 Å². The van der Waals surface area contributed by atoms with Gasteiger partial charge in [-0.15, -0.1) is 6.42 Å². The van der Waals surface area contributed by atoms with Gasteiger partial charge in [0.15, 0.2) is 0 Å². The molecule has 0 atom stereocenters. The van der Waals surface area contributed by atoms with Crippen molar-refractivity contribution < 1.29 is 0 Å². The first kappa shape index (κ1) is 11.6. The van der Waals surface area contributed by atoms with Crippen molar-refractivity contribution in [2.45, 2.75) is 13.8 Å². The lowest BCUT2D eigenvalue weighted by Gasteiger charge is -1.77. The summed E-state index contributed by atoms with van der Waals surface area (Å²) in [5.74, 6) is 2.37. The van der Waals surface area contributed by atoms with E-state index in [2.05, 4.69) is 19.1 Å². The van der Waals surface area contributed by atoms with E-state index >= 15 is 0 Å². The number of hydrogen-bond donors (Lipinski definition) is 0. The van der Waals surface area contributed by atoms with Crippen molar-refractivity contribution in [1.82, 2.24) is 0 Å². The van der Waals surface area contributed by atoms with E-state index < -0.39 is 0 Å². The van der Waals surface area contributed by atoms with Gasteiger partial charge in [0, 0.05) is 5.57 Å². The molecule has 0 amide bonds. The molecule has 0 nitrogen and oxygen atoms in total. The van der Waals surface area contributed by atoms with Gasteiger partial charge in [0.2, 0.25) is 0 Å².